The topological polar surface area (TPSA) is 67.4 Å². The van der Waals surface area contributed by atoms with Crippen molar-refractivity contribution >= 4 is 23.2 Å². The molecule has 0 aliphatic heterocycles. The highest BCUT2D eigenvalue weighted by atomic mass is 32.1. The fourth-order valence-electron chi connectivity index (χ4n) is 1.50. The molecule has 1 amide bonds. The van der Waals surface area contributed by atoms with E-state index in [1.54, 1.807) is 11.3 Å². The second-order valence-corrected chi connectivity index (χ2v) is 5.29. The van der Waals surface area contributed by atoms with Crippen LogP contribution in [0, 0.1) is 6.92 Å². The minimum Gasteiger partial charge on any atom is -0.467 e. The lowest BCUT2D eigenvalue weighted by atomic mass is 10.3. The first-order valence-corrected chi connectivity index (χ1v) is 6.45. The van der Waals surface area contributed by atoms with Crippen LogP contribution in [0.5, 0.6) is 0 Å². The predicted octanol–water partition coefficient (Wildman–Crippen LogP) is 0.824. The second-order valence-electron chi connectivity index (χ2n) is 3.92. The van der Waals surface area contributed by atoms with Crippen molar-refractivity contribution in [1.29, 1.82) is 0 Å². The summed E-state index contributed by atoms with van der Waals surface area (Å²) in [4.78, 5) is 24.8. The van der Waals surface area contributed by atoms with Crippen LogP contribution < -0.4 is 10.6 Å². The third-order valence-electron chi connectivity index (χ3n) is 2.31. The largest absolute Gasteiger partial charge is 0.467 e. The van der Waals surface area contributed by atoms with E-state index in [0.29, 0.717) is 13.1 Å². The van der Waals surface area contributed by atoms with Crippen LogP contribution in [0.3, 0.4) is 0 Å². The maximum atomic E-state index is 11.4. The van der Waals surface area contributed by atoms with Crippen molar-refractivity contribution in [2.45, 2.75) is 26.4 Å². The number of methoxy groups -OCH3 is 1. The Morgan fingerprint density at radius 1 is 1.44 bits per heavy atom. The van der Waals surface area contributed by atoms with Crippen molar-refractivity contribution in [3.8, 4) is 0 Å². The van der Waals surface area contributed by atoms with Gasteiger partial charge in [0.1, 0.15) is 6.04 Å². The predicted molar refractivity (Wildman–Crippen MR) is 70.4 cm³/mol. The van der Waals surface area contributed by atoms with Gasteiger partial charge in [0.2, 0.25) is 5.91 Å². The Bertz CT molecular complexity index is 417. The van der Waals surface area contributed by atoms with Crippen LogP contribution in [-0.2, 0) is 20.9 Å². The lowest BCUT2D eigenvalue weighted by Gasteiger charge is -2.15. The molecule has 1 aromatic rings. The lowest BCUT2D eigenvalue weighted by Crippen LogP contribution is -2.46. The molecule has 18 heavy (non-hydrogen) atoms. The first-order chi connectivity index (χ1) is 8.52. The molecule has 0 bridgehead atoms. The van der Waals surface area contributed by atoms with E-state index < -0.39 is 12.0 Å². The number of hydrogen-bond donors (Lipinski definition) is 2. The first kappa shape index (κ1) is 14.7. The van der Waals surface area contributed by atoms with Gasteiger partial charge in [-0.15, -0.1) is 11.3 Å². The summed E-state index contributed by atoms with van der Waals surface area (Å²) >= 11 is 1.70. The quantitative estimate of drug-likeness (QED) is 0.751. The van der Waals surface area contributed by atoms with Crippen molar-refractivity contribution in [2.75, 3.05) is 13.7 Å². The molecule has 0 aliphatic rings. The maximum absolute atomic E-state index is 11.4. The number of hydrogen-bond acceptors (Lipinski definition) is 5. The molecule has 0 radical (unpaired) electrons. The van der Waals surface area contributed by atoms with Crippen LogP contribution in [0.15, 0.2) is 12.1 Å². The number of esters is 1. The van der Waals surface area contributed by atoms with Gasteiger partial charge < -0.3 is 15.4 Å². The van der Waals surface area contributed by atoms with Gasteiger partial charge in [0, 0.05) is 29.8 Å². The Labute approximate surface area is 111 Å². The SMILES string of the molecule is COC(=O)C(CNCc1ccc(C)s1)NC(C)=O. The molecule has 0 spiro atoms. The van der Waals surface area contributed by atoms with Gasteiger partial charge in [-0.1, -0.05) is 0 Å². The molecule has 0 aromatic carbocycles. The number of ether oxygens (including phenoxy) is 1. The summed E-state index contributed by atoms with van der Waals surface area (Å²) in [6.45, 7) is 4.44. The number of carbonyl (C=O) groups is 2. The molecular weight excluding hydrogens is 252 g/mol. The van der Waals surface area contributed by atoms with E-state index in [2.05, 4.69) is 15.4 Å². The molecular formula is C12H18N2O3S. The van der Waals surface area contributed by atoms with Gasteiger partial charge >= 0.3 is 5.97 Å². The highest BCUT2D eigenvalue weighted by molar-refractivity contribution is 7.11. The molecule has 1 rings (SSSR count). The van der Waals surface area contributed by atoms with Gasteiger partial charge in [-0.3, -0.25) is 4.79 Å². The van der Waals surface area contributed by atoms with Crippen molar-refractivity contribution in [3.05, 3.63) is 21.9 Å². The van der Waals surface area contributed by atoms with Crippen LogP contribution in [-0.4, -0.2) is 31.6 Å². The Hall–Kier alpha value is -1.40. The molecule has 1 heterocycles. The normalized spacial score (nSPS) is 11.9. The average Bonchev–Trinajstić information content (AvgIpc) is 2.72. The summed E-state index contributed by atoms with van der Waals surface area (Å²) in [6.07, 6.45) is 0. The van der Waals surface area contributed by atoms with Gasteiger partial charge in [-0.25, -0.2) is 4.79 Å². The minimum atomic E-state index is -0.645. The molecule has 6 heteroatoms. The summed E-state index contributed by atoms with van der Waals surface area (Å²) in [5.41, 5.74) is 0. The van der Waals surface area contributed by atoms with E-state index in [4.69, 9.17) is 0 Å². The number of nitrogens with one attached hydrogen (secondary N) is 2. The van der Waals surface area contributed by atoms with Crippen LogP contribution in [0.2, 0.25) is 0 Å². The van der Waals surface area contributed by atoms with E-state index in [-0.39, 0.29) is 5.91 Å². The van der Waals surface area contributed by atoms with Crippen LogP contribution in [0.4, 0.5) is 0 Å². The van der Waals surface area contributed by atoms with Crippen LogP contribution >= 0.6 is 11.3 Å². The number of rotatable bonds is 6. The second kappa shape index (κ2) is 7.13. The zero-order valence-corrected chi connectivity index (χ0v) is 11.6. The molecule has 0 saturated carbocycles. The van der Waals surface area contributed by atoms with E-state index in [1.807, 2.05) is 19.1 Å². The Balaban J connectivity index is 2.41. The molecule has 1 aromatic heterocycles. The number of amides is 1. The fraction of sp³-hybridized carbons (Fsp3) is 0.500. The van der Waals surface area contributed by atoms with E-state index in [1.165, 1.54) is 23.8 Å². The Morgan fingerprint density at radius 2 is 2.17 bits per heavy atom. The number of thiophene rings is 1. The molecule has 1 atom stereocenters. The zero-order chi connectivity index (χ0) is 13.5. The van der Waals surface area contributed by atoms with Gasteiger partial charge in [-0.2, -0.15) is 0 Å². The molecule has 100 valence electrons. The van der Waals surface area contributed by atoms with Crippen molar-refractivity contribution in [1.82, 2.24) is 10.6 Å². The third kappa shape index (κ3) is 4.85. The summed E-state index contributed by atoms with van der Waals surface area (Å²) in [5, 5.41) is 5.68. The van der Waals surface area contributed by atoms with Crippen LogP contribution in [0.25, 0.3) is 0 Å². The van der Waals surface area contributed by atoms with Gasteiger partial charge in [0.25, 0.3) is 0 Å². The standard InChI is InChI=1S/C12H18N2O3S/c1-8-4-5-10(18-8)6-13-7-11(12(16)17-3)14-9(2)15/h4-5,11,13H,6-7H2,1-3H3,(H,14,15). The molecule has 0 fully saturated rings. The Kier molecular flexibility index (Phi) is 5.80. The van der Waals surface area contributed by atoms with Gasteiger partial charge in [0.15, 0.2) is 0 Å². The smallest absolute Gasteiger partial charge is 0.329 e. The summed E-state index contributed by atoms with van der Waals surface area (Å²) in [6, 6.07) is 3.44. The number of aryl methyl sites for hydroxylation is 1. The molecule has 2 N–H and O–H groups in total. The van der Waals surface area contributed by atoms with Gasteiger partial charge in [0.05, 0.1) is 7.11 Å². The fourth-order valence-corrected chi connectivity index (χ4v) is 2.36. The van der Waals surface area contributed by atoms with Crippen molar-refractivity contribution in [2.24, 2.45) is 0 Å². The van der Waals surface area contributed by atoms with Crippen molar-refractivity contribution in [3.63, 3.8) is 0 Å². The zero-order valence-electron chi connectivity index (χ0n) is 10.8. The van der Waals surface area contributed by atoms with E-state index in [0.717, 1.165) is 0 Å². The third-order valence-corrected chi connectivity index (χ3v) is 3.31. The first-order valence-electron chi connectivity index (χ1n) is 5.64. The van der Waals surface area contributed by atoms with Crippen LogP contribution in [0.1, 0.15) is 16.7 Å². The number of carbonyl (C=O) groups excluding carboxylic acids is 2. The average molecular weight is 270 g/mol. The summed E-state index contributed by atoms with van der Waals surface area (Å²) in [7, 11) is 1.31. The summed E-state index contributed by atoms with van der Waals surface area (Å²) in [5.74, 6) is -0.695. The minimum absolute atomic E-state index is 0.251. The van der Waals surface area contributed by atoms with E-state index >= 15 is 0 Å². The highest BCUT2D eigenvalue weighted by Gasteiger charge is 2.19. The van der Waals surface area contributed by atoms with Gasteiger partial charge in [-0.05, 0) is 19.1 Å². The molecule has 5 nitrogen and oxygen atoms in total. The highest BCUT2D eigenvalue weighted by Crippen LogP contribution is 2.14. The molecule has 0 aliphatic carbocycles. The van der Waals surface area contributed by atoms with Crippen molar-refractivity contribution < 1.29 is 14.3 Å². The molecule has 0 saturated heterocycles. The summed E-state index contributed by atoms with van der Waals surface area (Å²) < 4.78 is 4.63. The lowest BCUT2D eigenvalue weighted by molar-refractivity contribution is -0.144. The molecule has 1 unspecified atom stereocenters. The maximum Gasteiger partial charge on any atom is 0.329 e. The Morgan fingerprint density at radius 3 is 2.67 bits per heavy atom. The monoisotopic (exact) mass is 270 g/mol. The van der Waals surface area contributed by atoms with E-state index in [9.17, 15) is 9.59 Å².